The van der Waals surface area contributed by atoms with Gasteiger partial charge in [-0.05, 0) is 44.6 Å². The zero-order valence-electron chi connectivity index (χ0n) is 16.3. The van der Waals surface area contributed by atoms with Gasteiger partial charge in [-0.2, -0.15) is 14.8 Å². The van der Waals surface area contributed by atoms with Crippen LogP contribution >= 0.6 is 0 Å². The first-order valence-electron chi connectivity index (χ1n) is 9.70. The third kappa shape index (κ3) is 4.26. The molecule has 2 aromatic rings. The maximum absolute atomic E-state index is 12.5. The molecule has 4 rings (SSSR count). The third-order valence-electron chi connectivity index (χ3n) is 5.30. The standard InChI is InChI=1S/C18H25N7O3S/c1-23-8-10-24(11-9-23)7-3-2-6-19-17(26)14-4-5-15-16(12-14)29(27,28)22-18-20-13-21-25(15)18/h4-5,12-13H,2-3,6-11H2,1H3,(H,19,26)(H,20,21,22). The quantitative estimate of drug-likeness (QED) is 0.641. The summed E-state index contributed by atoms with van der Waals surface area (Å²) < 4.78 is 28.6. The second kappa shape index (κ2) is 8.09. The molecule has 1 fully saturated rings. The van der Waals surface area contributed by atoms with E-state index >= 15 is 0 Å². The fourth-order valence-corrected chi connectivity index (χ4v) is 4.75. The van der Waals surface area contributed by atoms with Gasteiger partial charge in [0, 0.05) is 38.3 Å². The topological polar surface area (TPSA) is 112 Å². The van der Waals surface area contributed by atoms with Crippen LogP contribution < -0.4 is 10.0 Å². The Morgan fingerprint density at radius 3 is 2.79 bits per heavy atom. The van der Waals surface area contributed by atoms with E-state index in [0.717, 1.165) is 45.6 Å². The number of carbonyl (C=O) groups is 1. The lowest BCUT2D eigenvalue weighted by Crippen LogP contribution is -2.44. The smallest absolute Gasteiger partial charge is 0.266 e. The van der Waals surface area contributed by atoms with Crippen LogP contribution in [-0.2, 0) is 10.0 Å². The van der Waals surface area contributed by atoms with Gasteiger partial charge in [0.05, 0.1) is 5.69 Å². The molecule has 3 heterocycles. The summed E-state index contributed by atoms with van der Waals surface area (Å²) in [7, 11) is -1.65. The zero-order chi connectivity index (χ0) is 20.4. The number of unbranched alkanes of at least 4 members (excludes halogenated alkanes) is 1. The monoisotopic (exact) mass is 419 g/mol. The lowest BCUT2D eigenvalue weighted by molar-refractivity contribution is 0.0951. The van der Waals surface area contributed by atoms with E-state index in [4.69, 9.17) is 0 Å². The molecule has 11 heteroatoms. The number of carbonyl (C=O) groups excluding carboxylic acids is 1. The number of benzene rings is 1. The number of rotatable bonds is 6. The van der Waals surface area contributed by atoms with E-state index in [1.54, 1.807) is 12.1 Å². The molecule has 2 N–H and O–H groups in total. The van der Waals surface area contributed by atoms with Crippen LogP contribution in [0.4, 0.5) is 5.95 Å². The number of nitrogens with zero attached hydrogens (tertiary/aromatic N) is 5. The van der Waals surface area contributed by atoms with Gasteiger partial charge in [0.25, 0.3) is 15.9 Å². The van der Waals surface area contributed by atoms with Crippen molar-refractivity contribution in [2.45, 2.75) is 17.7 Å². The number of nitrogens with one attached hydrogen (secondary N) is 2. The maximum atomic E-state index is 12.5. The van der Waals surface area contributed by atoms with Crippen molar-refractivity contribution in [3.05, 3.63) is 30.1 Å². The number of fused-ring (bicyclic) bond motifs is 3. The predicted octanol–water partition coefficient (Wildman–Crippen LogP) is 0.139. The minimum atomic E-state index is -3.79. The molecule has 0 radical (unpaired) electrons. The molecule has 1 saturated heterocycles. The Morgan fingerprint density at radius 1 is 1.21 bits per heavy atom. The Bertz CT molecular complexity index is 997. The number of amides is 1. The first-order chi connectivity index (χ1) is 13.9. The van der Waals surface area contributed by atoms with Crippen LogP contribution in [0.2, 0.25) is 0 Å². The average molecular weight is 420 g/mol. The zero-order valence-corrected chi connectivity index (χ0v) is 17.2. The fraction of sp³-hybridized carbons (Fsp3) is 0.500. The Kier molecular flexibility index (Phi) is 5.52. The van der Waals surface area contributed by atoms with Gasteiger partial charge in [0.15, 0.2) is 0 Å². The van der Waals surface area contributed by atoms with Gasteiger partial charge in [-0.15, -0.1) is 0 Å². The van der Waals surface area contributed by atoms with Crippen LogP contribution in [0.25, 0.3) is 5.69 Å². The Hall–Kier alpha value is -2.50. The van der Waals surface area contributed by atoms with Gasteiger partial charge < -0.3 is 15.1 Å². The molecule has 0 bridgehead atoms. The molecule has 0 atom stereocenters. The summed E-state index contributed by atoms with van der Waals surface area (Å²) in [6.45, 7) is 5.97. The molecule has 0 saturated carbocycles. The molecule has 156 valence electrons. The molecule has 1 aromatic heterocycles. The van der Waals surface area contributed by atoms with Crippen LogP contribution in [0.1, 0.15) is 23.2 Å². The number of piperazine rings is 1. The van der Waals surface area contributed by atoms with Crippen molar-refractivity contribution in [1.29, 1.82) is 0 Å². The highest BCUT2D eigenvalue weighted by atomic mass is 32.2. The number of hydrogen-bond acceptors (Lipinski definition) is 7. The number of hydrogen-bond donors (Lipinski definition) is 2. The van der Waals surface area contributed by atoms with Crippen molar-refractivity contribution >= 4 is 21.9 Å². The average Bonchev–Trinajstić information content (AvgIpc) is 3.16. The number of aromatic nitrogens is 3. The Morgan fingerprint density at radius 2 is 2.00 bits per heavy atom. The number of anilines is 1. The highest BCUT2D eigenvalue weighted by Gasteiger charge is 2.29. The van der Waals surface area contributed by atoms with Crippen molar-refractivity contribution in [3.8, 4) is 5.69 Å². The molecule has 10 nitrogen and oxygen atoms in total. The highest BCUT2D eigenvalue weighted by molar-refractivity contribution is 7.93. The van der Waals surface area contributed by atoms with E-state index in [2.05, 4.69) is 37.0 Å². The van der Waals surface area contributed by atoms with Crippen molar-refractivity contribution in [2.24, 2.45) is 0 Å². The van der Waals surface area contributed by atoms with E-state index in [1.807, 2.05) is 0 Å². The van der Waals surface area contributed by atoms with Crippen LogP contribution in [0, 0.1) is 0 Å². The Labute approximate surface area is 169 Å². The van der Waals surface area contributed by atoms with E-state index in [-0.39, 0.29) is 16.8 Å². The van der Waals surface area contributed by atoms with Gasteiger partial charge in [-0.1, -0.05) is 0 Å². The van der Waals surface area contributed by atoms with Crippen LogP contribution in [0.5, 0.6) is 0 Å². The van der Waals surface area contributed by atoms with E-state index in [9.17, 15) is 13.2 Å². The molecule has 0 aliphatic carbocycles. The second-order valence-electron chi connectivity index (χ2n) is 7.39. The molecule has 1 amide bonds. The largest absolute Gasteiger partial charge is 0.352 e. The molecule has 2 aliphatic heterocycles. The lowest BCUT2D eigenvalue weighted by atomic mass is 10.2. The van der Waals surface area contributed by atoms with Crippen molar-refractivity contribution < 1.29 is 13.2 Å². The molecular weight excluding hydrogens is 394 g/mol. The van der Waals surface area contributed by atoms with Crippen molar-refractivity contribution in [2.75, 3.05) is 51.0 Å². The summed E-state index contributed by atoms with van der Waals surface area (Å²) in [6, 6.07) is 4.56. The fourth-order valence-electron chi connectivity index (χ4n) is 3.54. The van der Waals surface area contributed by atoms with E-state index in [0.29, 0.717) is 17.8 Å². The highest BCUT2D eigenvalue weighted by Crippen LogP contribution is 2.29. The van der Waals surface area contributed by atoms with Gasteiger partial charge >= 0.3 is 0 Å². The first-order valence-corrected chi connectivity index (χ1v) is 11.2. The summed E-state index contributed by atoms with van der Waals surface area (Å²) in [4.78, 5) is 21.1. The Balaban J connectivity index is 1.32. The van der Waals surface area contributed by atoms with Gasteiger partial charge in [-0.25, -0.2) is 13.1 Å². The molecule has 29 heavy (non-hydrogen) atoms. The lowest BCUT2D eigenvalue weighted by Gasteiger charge is -2.32. The molecule has 2 aliphatic rings. The molecule has 0 unspecified atom stereocenters. The van der Waals surface area contributed by atoms with Crippen molar-refractivity contribution in [1.82, 2.24) is 29.9 Å². The van der Waals surface area contributed by atoms with E-state index < -0.39 is 10.0 Å². The van der Waals surface area contributed by atoms with Crippen LogP contribution in [-0.4, -0.2) is 85.2 Å². The second-order valence-corrected chi connectivity index (χ2v) is 9.04. The summed E-state index contributed by atoms with van der Waals surface area (Å²) in [5.74, 6) is -0.151. The minimum Gasteiger partial charge on any atom is -0.352 e. The SMILES string of the molecule is CN1CCN(CCCCNC(=O)c2ccc3c(c2)S(=O)(=O)Nc2ncnn2-3)CC1. The van der Waals surface area contributed by atoms with Gasteiger partial charge in [0.2, 0.25) is 5.95 Å². The predicted molar refractivity (Wildman–Crippen MR) is 108 cm³/mol. The molecule has 0 spiro atoms. The van der Waals surface area contributed by atoms with Crippen molar-refractivity contribution in [3.63, 3.8) is 0 Å². The van der Waals surface area contributed by atoms with Crippen LogP contribution in [0.3, 0.4) is 0 Å². The van der Waals surface area contributed by atoms with Gasteiger partial charge in [0.1, 0.15) is 11.2 Å². The normalized spacial score (nSPS) is 18.5. The molecular formula is C18H25N7O3S. The number of likely N-dealkylation sites (N-methyl/N-ethyl adjacent to an activating group) is 1. The summed E-state index contributed by atoms with van der Waals surface area (Å²) in [5.41, 5.74) is 0.678. The summed E-state index contributed by atoms with van der Waals surface area (Å²) in [6.07, 6.45) is 3.17. The van der Waals surface area contributed by atoms with Gasteiger partial charge in [-0.3, -0.25) is 4.79 Å². The summed E-state index contributed by atoms with van der Waals surface area (Å²) in [5, 5.41) is 6.90. The summed E-state index contributed by atoms with van der Waals surface area (Å²) >= 11 is 0. The third-order valence-corrected chi connectivity index (χ3v) is 6.65. The molecule has 1 aromatic carbocycles. The maximum Gasteiger partial charge on any atom is 0.266 e. The first kappa shape index (κ1) is 19.8. The van der Waals surface area contributed by atoms with E-state index in [1.165, 1.54) is 17.1 Å². The minimum absolute atomic E-state index is 0.0122. The number of sulfonamides is 1. The van der Waals surface area contributed by atoms with Crippen LogP contribution in [0.15, 0.2) is 29.4 Å².